The van der Waals surface area contributed by atoms with Crippen LogP contribution < -0.4 is 14.4 Å². The van der Waals surface area contributed by atoms with Crippen molar-refractivity contribution in [1.29, 1.82) is 0 Å². The van der Waals surface area contributed by atoms with E-state index in [1.54, 1.807) is 42.5 Å². The van der Waals surface area contributed by atoms with Gasteiger partial charge in [0.05, 0.1) is 28.6 Å². The maximum absolute atomic E-state index is 14.2. The van der Waals surface area contributed by atoms with E-state index in [9.17, 15) is 18.0 Å². The molecular weight excluding hydrogens is 597 g/mol. The van der Waals surface area contributed by atoms with Crippen molar-refractivity contribution in [3.05, 3.63) is 94.0 Å². The molecule has 0 aromatic heterocycles. The Kier molecular flexibility index (Phi) is 11.3. The van der Waals surface area contributed by atoms with Gasteiger partial charge < -0.3 is 15.0 Å². The Labute approximate surface area is 258 Å². The van der Waals surface area contributed by atoms with Gasteiger partial charge in [-0.3, -0.25) is 13.9 Å². The number of rotatable bonds is 12. The van der Waals surface area contributed by atoms with Crippen molar-refractivity contribution in [3.8, 4) is 5.75 Å². The first-order chi connectivity index (χ1) is 19.7. The number of hydrogen-bond donors (Lipinski definition) is 1. The SMILES string of the molecule is CCOc1ccc(N(CC(=O)N(Cc2ccc(Cl)c(Cl)c2)[C@@H](Cc2ccccc2)C(=O)NC(C)(C)C)S(C)(=O)=O)cc1. The summed E-state index contributed by atoms with van der Waals surface area (Å²) in [6.45, 7) is 7.33. The van der Waals surface area contributed by atoms with Gasteiger partial charge >= 0.3 is 0 Å². The molecule has 0 radical (unpaired) electrons. The fraction of sp³-hybridized carbons (Fsp3) is 0.355. The largest absolute Gasteiger partial charge is 0.494 e. The number of halogens is 2. The molecule has 3 aromatic carbocycles. The van der Waals surface area contributed by atoms with E-state index in [0.29, 0.717) is 33.7 Å². The molecule has 0 aliphatic rings. The normalized spacial score (nSPS) is 12.4. The summed E-state index contributed by atoms with van der Waals surface area (Å²) in [4.78, 5) is 29.3. The third-order valence-corrected chi connectivity index (χ3v) is 8.10. The summed E-state index contributed by atoms with van der Waals surface area (Å²) in [7, 11) is -3.88. The van der Waals surface area contributed by atoms with Crippen molar-refractivity contribution in [2.45, 2.75) is 52.2 Å². The molecule has 2 amide bonds. The first-order valence-corrected chi connectivity index (χ1v) is 16.1. The smallest absolute Gasteiger partial charge is 0.244 e. The lowest BCUT2D eigenvalue weighted by atomic mass is 10.0. The molecule has 0 saturated carbocycles. The lowest BCUT2D eigenvalue weighted by Gasteiger charge is -2.35. The highest BCUT2D eigenvalue weighted by atomic mass is 35.5. The summed E-state index contributed by atoms with van der Waals surface area (Å²) in [5.41, 5.74) is 1.18. The van der Waals surface area contributed by atoms with Gasteiger partial charge in [0.1, 0.15) is 18.3 Å². The van der Waals surface area contributed by atoms with Crippen LogP contribution in [0, 0.1) is 0 Å². The number of carbonyl (C=O) groups excluding carboxylic acids is 2. The van der Waals surface area contributed by atoms with E-state index >= 15 is 0 Å². The third-order valence-electron chi connectivity index (χ3n) is 6.22. The molecular formula is C31H37Cl2N3O5S. The molecule has 1 atom stereocenters. The zero-order chi connectivity index (χ0) is 31.1. The Balaban J connectivity index is 2.07. The average molecular weight is 635 g/mol. The van der Waals surface area contributed by atoms with Crippen LogP contribution in [0.3, 0.4) is 0 Å². The molecule has 0 unspecified atom stereocenters. The van der Waals surface area contributed by atoms with Crippen LogP contribution in [0.5, 0.6) is 5.75 Å². The van der Waals surface area contributed by atoms with E-state index < -0.39 is 34.1 Å². The first kappa shape index (κ1) is 33.2. The van der Waals surface area contributed by atoms with Crippen LogP contribution >= 0.6 is 23.2 Å². The van der Waals surface area contributed by atoms with Gasteiger partial charge in [0.15, 0.2) is 0 Å². The Hall–Kier alpha value is -3.27. The van der Waals surface area contributed by atoms with Gasteiger partial charge in [-0.25, -0.2) is 8.42 Å². The number of anilines is 1. The van der Waals surface area contributed by atoms with Crippen LogP contribution in [0.4, 0.5) is 5.69 Å². The number of hydrogen-bond acceptors (Lipinski definition) is 5. The van der Waals surface area contributed by atoms with Gasteiger partial charge in [-0.1, -0.05) is 59.6 Å². The predicted molar refractivity (Wildman–Crippen MR) is 169 cm³/mol. The summed E-state index contributed by atoms with van der Waals surface area (Å²) < 4.78 is 32.4. The molecule has 0 bridgehead atoms. The maximum Gasteiger partial charge on any atom is 0.244 e. The average Bonchev–Trinajstić information content (AvgIpc) is 2.91. The summed E-state index contributed by atoms with van der Waals surface area (Å²) in [5.74, 6) is -0.360. The molecule has 1 N–H and O–H groups in total. The van der Waals surface area contributed by atoms with Crippen molar-refractivity contribution >= 4 is 50.7 Å². The van der Waals surface area contributed by atoms with Crippen LogP contribution in [-0.2, 0) is 32.6 Å². The van der Waals surface area contributed by atoms with E-state index in [2.05, 4.69) is 5.32 Å². The van der Waals surface area contributed by atoms with E-state index in [4.69, 9.17) is 27.9 Å². The van der Waals surface area contributed by atoms with E-state index in [1.165, 1.54) is 4.90 Å². The van der Waals surface area contributed by atoms with Gasteiger partial charge in [-0.2, -0.15) is 0 Å². The molecule has 0 aliphatic heterocycles. The second-order valence-electron chi connectivity index (χ2n) is 10.9. The maximum atomic E-state index is 14.2. The lowest BCUT2D eigenvalue weighted by Crippen LogP contribution is -2.56. The zero-order valence-corrected chi connectivity index (χ0v) is 26.8. The van der Waals surface area contributed by atoms with Gasteiger partial charge in [-0.05, 0) is 75.2 Å². The quantitative estimate of drug-likeness (QED) is 0.275. The molecule has 3 aromatic rings. The number of nitrogens with one attached hydrogen (secondary N) is 1. The molecule has 0 aliphatic carbocycles. The second kappa shape index (κ2) is 14.3. The molecule has 0 saturated heterocycles. The van der Waals surface area contributed by atoms with Gasteiger partial charge in [0.2, 0.25) is 21.8 Å². The Morgan fingerprint density at radius 3 is 2.12 bits per heavy atom. The standard InChI is InChI=1S/C31H37Cl2N3O5S/c1-6-41-25-15-13-24(14-16-25)36(42(5,39)40)21-29(37)35(20-23-12-17-26(32)27(33)18-23)28(30(38)34-31(2,3)4)19-22-10-8-7-9-11-22/h7-18,28H,6,19-21H2,1-5H3,(H,34,38)/t28-/m0/s1. The number of amides is 2. The fourth-order valence-corrected chi connectivity index (χ4v) is 5.50. The molecule has 0 spiro atoms. The highest BCUT2D eigenvalue weighted by Crippen LogP contribution is 2.26. The summed E-state index contributed by atoms with van der Waals surface area (Å²) >= 11 is 12.4. The Morgan fingerprint density at radius 2 is 1.57 bits per heavy atom. The number of carbonyl (C=O) groups is 2. The van der Waals surface area contributed by atoms with Crippen molar-refractivity contribution in [1.82, 2.24) is 10.2 Å². The van der Waals surface area contributed by atoms with Crippen LogP contribution in [0.25, 0.3) is 0 Å². The minimum absolute atomic E-state index is 0.00827. The molecule has 11 heteroatoms. The van der Waals surface area contributed by atoms with Crippen LogP contribution in [-0.4, -0.2) is 56.1 Å². The molecule has 0 fully saturated rings. The Morgan fingerprint density at radius 1 is 0.929 bits per heavy atom. The van der Waals surface area contributed by atoms with Crippen LogP contribution in [0.2, 0.25) is 10.0 Å². The number of sulfonamides is 1. The molecule has 0 heterocycles. The highest BCUT2D eigenvalue weighted by Gasteiger charge is 2.34. The first-order valence-electron chi connectivity index (χ1n) is 13.5. The number of nitrogens with zero attached hydrogens (tertiary/aromatic N) is 2. The topological polar surface area (TPSA) is 96.0 Å². The van der Waals surface area contributed by atoms with Gasteiger partial charge in [0, 0.05) is 18.5 Å². The van der Waals surface area contributed by atoms with Gasteiger partial charge in [0.25, 0.3) is 0 Å². The Bertz CT molecular complexity index is 1480. The second-order valence-corrected chi connectivity index (χ2v) is 13.6. The van der Waals surface area contributed by atoms with E-state index in [-0.39, 0.29) is 18.9 Å². The lowest BCUT2D eigenvalue weighted by molar-refractivity contribution is -0.140. The minimum Gasteiger partial charge on any atom is -0.494 e. The van der Waals surface area contributed by atoms with Crippen molar-refractivity contribution in [2.75, 3.05) is 23.7 Å². The van der Waals surface area contributed by atoms with Gasteiger partial charge in [-0.15, -0.1) is 0 Å². The van der Waals surface area contributed by atoms with E-state index in [0.717, 1.165) is 16.1 Å². The molecule has 42 heavy (non-hydrogen) atoms. The highest BCUT2D eigenvalue weighted by molar-refractivity contribution is 7.92. The molecule has 8 nitrogen and oxygen atoms in total. The minimum atomic E-state index is -3.88. The summed E-state index contributed by atoms with van der Waals surface area (Å²) in [6, 6.07) is 19.8. The van der Waals surface area contributed by atoms with Crippen molar-refractivity contribution in [3.63, 3.8) is 0 Å². The van der Waals surface area contributed by atoms with Crippen molar-refractivity contribution in [2.24, 2.45) is 0 Å². The number of benzene rings is 3. The molecule has 226 valence electrons. The fourth-order valence-electron chi connectivity index (χ4n) is 4.33. The summed E-state index contributed by atoms with van der Waals surface area (Å²) in [6.07, 6.45) is 1.24. The zero-order valence-electron chi connectivity index (χ0n) is 24.4. The van der Waals surface area contributed by atoms with Crippen molar-refractivity contribution < 1.29 is 22.7 Å². The van der Waals surface area contributed by atoms with Crippen LogP contribution in [0.1, 0.15) is 38.8 Å². The van der Waals surface area contributed by atoms with E-state index in [1.807, 2.05) is 58.0 Å². The van der Waals surface area contributed by atoms with Crippen LogP contribution in [0.15, 0.2) is 72.8 Å². The number of ether oxygens (including phenoxy) is 1. The molecule has 3 rings (SSSR count). The third kappa shape index (κ3) is 9.64. The predicted octanol–water partition coefficient (Wildman–Crippen LogP) is 5.71. The summed E-state index contributed by atoms with van der Waals surface area (Å²) in [5, 5.41) is 3.64. The monoisotopic (exact) mass is 633 g/mol.